The summed E-state index contributed by atoms with van der Waals surface area (Å²) >= 11 is 0. The van der Waals surface area contributed by atoms with E-state index >= 15 is 0 Å². The summed E-state index contributed by atoms with van der Waals surface area (Å²) in [5.41, 5.74) is 1.97. The monoisotopic (exact) mass is 128 g/mol. The zero-order valence-corrected chi connectivity index (χ0v) is 4.89. The average Bonchev–Trinajstić information content (AvgIpc) is 2.37. The average molecular weight is 128 g/mol. The molecule has 50 valence electrons. The summed E-state index contributed by atoms with van der Waals surface area (Å²) in [6.07, 6.45) is 2.50. The molecule has 1 aliphatic rings. The fourth-order valence-electron chi connectivity index (χ4n) is 0.647. The van der Waals surface area contributed by atoms with Crippen molar-refractivity contribution in [3.8, 4) is 0 Å². The van der Waals surface area contributed by atoms with Gasteiger partial charge in [0.2, 0.25) is 0 Å². The molecular formula is C5H8N2O2. The lowest BCUT2D eigenvalue weighted by molar-refractivity contribution is -0.120. The molecule has 0 aromatic carbocycles. The maximum absolute atomic E-state index is 10.6. The van der Waals surface area contributed by atoms with E-state index in [-0.39, 0.29) is 5.91 Å². The van der Waals surface area contributed by atoms with Gasteiger partial charge in [-0.3, -0.25) is 10.2 Å². The minimum Gasteiger partial charge on any atom is -0.488 e. The summed E-state index contributed by atoms with van der Waals surface area (Å²) in [6, 6.07) is 0. The Bertz CT molecular complexity index is 153. The van der Waals surface area contributed by atoms with Gasteiger partial charge >= 0.3 is 0 Å². The molecule has 9 heavy (non-hydrogen) atoms. The van der Waals surface area contributed by atoms with Gasteiger partial charge in [-0.25, -0.2) is 5.84 Å². The number of amides is 1. The molecule has 1 rings (SSSR count). The van der Waals surface area contributed by atoms with Crippen LogP contribution in [0.5, 0.6) is 0 Å². The number of carbonyl (C=O) groups excluding carboxylic acids is 1. The van der Waals surface area contributed by atoms with Crippen LogP contribution < -0.4 is 11.3 Å². The minimum absolute atomic E-state index is 0.331. The Morgan fingerprint density at radius 1 is 1.89 bits per heavy atom. The molecule has 0 aliphatic carbocycles. The Labute approximate surface area is 52.6 Å². The van der Waals surface area contributed by atoms with Gasteiger partial charge in [0.05, 0.1) is 6.61 Å². The molecule has 0 saturated carbocycles. The highest BCUT2D eigenvalue weighted by Crippen LogP contribution is 2.07. The van der Waals surface area contributed by atoms with Crippen molar-refractivity contribution in [2.75, 3.05) is 6.61 Å². The Morgan fingerprint density at radius 2 is 2.67 bits per heavy atom. The Balaban J connectivity index is 2.51. The van der Waals surface area contributed by atoms with Gasteiger partial charge in [0, 0.05) is 6.42 Å². The summed E-state index contributed by atoms with van der Waals surface area (Å²) < 4.78 is 4.87. The van der Waals surface area contributed by atoms with Crippen molar-refractivity contribution in [3.63, 3.8) is 0 Å². The normalized spacial score (nSPS) is 16.3. The molecule has 4 nitrogen and oxygen atoms in total. The van der Waals surface area contributed by atoms with Gasteiger partial charge in [0.25, 0.3) is 5.91 Å². The SMILES string of the molecule is NNC(=O)C1=CCCO1. The summed E-state index contributed by atoms with van der Waals surface area (Å²) in [4.78, 5) is 10.6. The smallest absolute Gasteiger partial charge is 0.299 e. The standard InChI is InChI=1S/C5H8N2O2/c6-7-5(8)4-2-1-3-9-4/h2H,1,3,6H2,(H,7,8). The first-order chi connectivity index (χ1) is 4.34. The molecule has 0 aromatic rings. The highest BCUT2D eigenvalue weighted by Gasteiger charge is 2.12. The third kappa shape index (κ3) is 1.20. The van der Waals surface area contributed by atoms with Gasteiger partial charge < -0.3 is 4.74 Å². The fourth-order valence-corrected chi connectivity index (χ4v) is 0.647. The number of hydrogen-bond acceptors (Lipinski definition) is 3. The van der Waals surface area contributed by atoms with Crippen LogP contribution in [0.1, 0.15) is 6.42 Å². The molecule has 3 N–H and O–H groups in total. The predicted molar refractivity (Wildman–Crippen MR) is 31.0 cm³/mol. The zero-order valence-electron chi connectivity index (χ0n) is 4.89. The molecule has 0 radical (unpaired) electrons. The predicted octanol–water partition coefficient (Wildman–Crippen LogP) is -0.720. The lowest BCUT2D eigenvalue weighted by Gasteiger charge is -1.98. The number of nitrogens with one attached hydrogen (secondary N) is 1. The van der Waals surface area contributed by atoms with E-state index in [1.54, 1.807) is 6.08 Å². The number of hydrogen-bond donors (Lipinski definition) is 2. The maximum atomic E-state index is 10.6. The molecule has 0 fully saturated rings. The topological polar surface area (TPSA) is 64.3 Å². The van der Waals surface area contributed by atoms with E-state index in [4.69, 9.17) is 10.6 Å². The van der Waals surface area contributed by atoms with Crippen LogP contribution in [0.4, 0.5) is 0 Å². The molecule has 4 heteroatoms. The Kier molecular flexibility index (Phi) is 1.69. The van der Waals surface area contributed by atoms with Crippen molar-refractivity contribution in [2.24, 2.45) is 5.84 Å². The summed E-state index contributed by atoms with van der Waals surface area (Å²) in [7, 11) is 0. The highest BCUT2D eigenvalue weighted by molar-refractivity contribution is 5.91. The van der Waals surface area contributed by atoms with Crippen LogP contribution in [0.2, 0.25) is 0 Å². The van der Waals surface area contributed by atoms with Crippen LogP contribution in [-0.4, -0.2) is 12.5 Å². The molecule has 1 heterocycles. The Morgan fingerprint density at radius 3 is 3.11 bits per heavy atom. The summed E-state index contributed by atoms with van der Waals surface area (Å²) in [5, 5.41) is 0. The van der Waals surface area contributed by atoms with E-state index < -0.39 is 0 Å². The van der Waals surface area contributed by atoms with E-state index in [1.807, 2.05) is 5.43 Å². The van der Waals surface area contributed by atoms with Crippen molar-refractivity contribution in [3.05, 3.63) is 11.8 Å². The number of ether oxygens (including phenoxy) is 1. The van der Waals surface area contributed by atoms with Gasteiger partial charge in [0.1, 0.15) is 0 Å². The maximum Gasteiger partial charge on any atom is 0.299 e. The van der Waals surface area contributed by atoms with Crippen molar-refractivity contribution >= 4 is 5.91 Å². The second-order valence-electron chi connectivity index (χ2n) is 1.68. The number of carbonyl (C=O) groups is 1. The van der Waals surface area contributed by atoms with Gasteiger partial charge in [-0.05, 0) is 6.08 Å². The molecule has 1 amide bonds. The van der Waals surface area contributed by atoms with Gasteiger partial charge in [0.15, 0.2) is 5.76 Å². The van der Waals surface area contributed by atoms with E-state index in [2.05, 4.69) is 0 Å². The third-order valence-electron chi connectivity index (χ3n) is 1.06. The van der Waals surface area contributed by atoms with Crippen LogP contribution in [0.25, 0.3) is 0 Å². The highest BCUT2D eigenvalue weighted by atomic mass is 16.5. The first-order valence-electron chi connectivity index (χ1n) is 2.68. The third-order valence-corrected chi connectivity index (χ3v) is 1.06. The van der Waals surface area contributed by atoms with E-state index in [0.717, 1.165) is 6.42 Å². The van der Waals surface area contributed by atoms with E-state index in [0.29, 0.717) is 12.4 Å². The largest absolute Gasteiger partial charge is 0.488 e. The van der Waals surface area contributed by atoms with E-state index in [1.165, 1.54) is 0 Å². The second-order valence-corrected chi connectivity index (χ2v) is 1.68. The molecule has 0 atom stereocenters. The van der Waals surface area contributed by atoms with Crippen LogP contribution >= 0.6 is 0 Å². The molecule has 0 aromatic heterocycles. The molecular weight excluding hydrogens is 120 g/mol. The van der Waals surface area contributed by atoms with Crippen molar-refractivity contribution < 1.29 is 9.53 Å². The fraction of sp³-hybridized carbons (Fsp3) is 0.400. The van der Waals surface area contributed by atoms with Gasteiger partial charge in [-0.2, -0.15) is 0 Å². The molecule has 0 unspecified atom stereocenters. The Hall–Kier alpha value is -1.03. The van der Waals surface area contributed by atoms with Crippen molar-refractivity contribution in [1.82, 2.24) is 5.43 Å². The van der Waals surface area contributed by atoms with Crippen molar-refractivity contribution in [2.45, 2.75) is 6.42 Å². The molecule has 0 bridgehead atoms. The van der Waals surface area contributed by atoms with Gasteiger partial charge in [-0.15, -0.1) is 0 Å². The van der Waals surface area contributed by atoms with Gasteiger partial charge in [-0.1, -0.05) is 0 Å². The van der Waals surface area contributed by atoms with Crippen LogP contribution in [-0.2, 0) is 9.53 Å². The van der Waals surface area contributed by atoms with Crippen LogP contribution in [0.3, 0.4) is 0 Å². The quantitative estimate of drug-likeness (QED) is 0.278. The summed E-state index contributed by atoms with van der Waals surface area (Å²) in [6.45, 7) is 0.586. The molecule has 0 spiro atoms. The number of hydrazine groups is 1. The van der Waals surface area contributed by atoms with Crippen molar-refractivity contribution in [1.29, 1.82) is 0 Å². The second kappa shape index (κ2) is 2.50. The lowest BCUT2D eigenvalue weighted by atomic mass is 10.4. The number of rotatable bonds is 1. The molecule has 1 aliphatic heterocycles. The first kappa shape index (κ1) is 6.10. The van der Waals surface area contributed by atoms with Crippen LogP contribution in [0.15, 0.2) is 11.8 Å². The van der Waals surface area contributed by atoms with E-state index in [9.17, 15) is 4.79 Å². The number of nitrogens with two attached hydrogens (primary N) is 1. The summed E-state index contributed by atoms with van der Waals surface area (Å²) in [5.74, 6) is 4.81. The van der Waals surface area contributed by atoms with Crippen LogP contribution in [0, 0.1) is 0 Å². The zero-order chi connectivity index (χ0) is 6.69. The molecule has 0 saturated heterocycles. The first-order valence-corrected chi connectivity index (χ1v) is 2.68. The lowest BCUT2D eigenvalue weighted by Crippen LogP contribution is -2.31. The minimum atomic E-state index is -0.354.